The van der Waals surface area contributed by atoms with Crippen LogP contribution in [0.25, 0.3) is 0 Å². The van der Waals surface area contributed by atoms with Crippen molar-refractivity contribution < 1.29 is 5.11 Å². The summed E-state index contributed by atoms with van der Waals surface area (Å²) >= 11 is 1.90. The van der Waals surface area contributed by atoms with E-state index < -0.39 is 0 Å². The zero-order valence-corrected chi connectivity index (χ0v) is 8.23. The van der Waals surface area contributed by atoms with Crippen LogP contribution < -0.4 is 0 Å². The number of thioether (sulfide) groups is 1. The molecule has 0 saturated carbocycles. The topological polar surface area (TPSA) is 20.2 Å². The lowest BCUT2D eigenvalue weighted by atomic mass is 9.86. The van der Waals surface area contributed by atoms with Crippen LogP contribution in [0.1, 0.15) is 26.7 Å². The van der Waals surface area contributed by atoms with E-state index in [1.165, 1.54) is 18.6 Å². The molecule has 0 aromatic heterocycles. The summed E-state index contributed by atoms with van der Waals surface area (Å²) in [7, 11) is 0. The first-order valence-electron chi connectivity index (χ1n) is 4.55. The smallest absolute Gasteiger partial charge is 0.0669 e. The van der Waals surface area contributed by atoms with Gasteiger partial charge in [-0.15, -0.1) is 0 Å². The van der Waals surface area contributed by atoms with E-state index in [1.54, 1.807) is 0 Å². The van der Waals surface area contributed by atoms with Gasteiger partial charge in [0.2, 0.25) is 0 Å². The molecule has 0 aromatic carbocycles. The van der Waals surface area contributed by atoms with Gasteiger partial charge in [-0.1, -0.05) is 26.7 Å². The van der Waals surface area contributed by atoms with Crippen LogP contribution in [0.2, 0.25) is 0 Å². The third-order valence-electron chi connectivity index (χ3n) is 2.75. The van der Waals surface area contributed by atoms with E-state index in [9.17, 15) is 5.11 Å². The van der Waals surface area contributed by atoms with Crippen LogP contribution in [-0.4, -0.2) is 22.7 Å². The predicted octanol–water partition coefficient (Wildman–Crippen LogP) is 2.15. The number of rotatable bonds is 3. The van der Waals surface area contributed by atoms with Crippen molar-refractivity contribution in [2.45, 2.75) is 32.8 Å². The molecule has 0 radical (unpaired) electrons. The van der Waals surface area contributed by atoms with Gasteiger partial charge in [-0.3, -0.25) is 0 Å². The molecule has 1 fully saturated rings. The van der Waals surface area contributed by atoms with Crippen LogP contribution in [0, 0.1) is 11.8 Å². The molecule has 1 saturated heterocycles. The average Bonchev–Trinajstić information content (AvgIpc) is 2.40. The summed E-state index contributed by atoms with van der Waals surface area (Å²) in [4.78, 5) is 0. The summed E-state index contributed by atoms with van der Waals surface area (Å²) in [5.41, 5.74) is 0. The molecule has 11 heavy (non-hydrogen) atoms. The number of aliphatic hydroxyl groups excluding tert-OH is 1. The number of aliphatic hydroxyl groups is 1. The molecule has 0 amide bonds. The van der Waals surface area contributed by atoms with Crippen molar-refractivity contribution >= 4 is 11.8 Å². The highest BCUT2D eigenvalue weighted by Crippen LogP contribution is 2.33. The summed E-state index contributed by atoms with van der Waals surface area (Å²) in [6, 6.07) is 0. The fourth-order valence-corrected chi connectivity index (χ4v) is 3.30. The molecule has 1 aliphatic heterocycles. The molecule has 2 atom stereocenters. The highest BCUT2D eigenvalue weighted by atomic mass is 32.2. The molecule has 1 aliphatic rings. The summed E-state index contributed by atoms with van der Waals surface area (Å²) < 4.78 is 0. The normalized spacial score (nSPS) is 31.6. The summed E-state index contributed by atoms with van der Waals surface area (Å²) in [5, 5.41) is 9.60. The summed E-state index contributed by atoms with van der Waals surface area (Å²) in [6.45, 7) is 4.45. The first-order valence-corrected chi connectivity index (χ1v) is 5.70. The van der Waals surface area contributed by atoms with Gasteiger partial charge in [0.1, 0.15) is 0 Å². The quantitative estimate of drug-likeness (QED) is 0.707. The minimum atomic E-state index is -0.0232. The lowest BCUT2D eigenvalue weighted by Crippen LogP contribution is -2.25. The molecule has 1 rings (SSSR count). The van der Waals surface area contributed by atoms with Gasteiger partial charge in [0.25, 0.3) is 0 Å². The Hall–Kier alpha value is 0.310. The lowest BCUT2D eigenvalue weighted by molar-refractivity contribution is 0.110. The zero-order valence-electron chi connectivity index (χ0n) is 7.42. The minimum Gasteiger partial charge on any atom is -0.392 e. The van der Waals surface area contributed by atoms with Crippen LogP contribution in [0.15, 0.2) is 0 Å². The van der Waals surface area contributed by atoms with E-state index in [-0.39, 0.29) is 6.10 Å². The van der Waals surface area contributed by atoms with Crippen LogP contribution in [0.5, 0.6) is 0 Å². The van der Waals surface area contributed by atoms with Crippen LogP contribution in [-0.2, 0) is 0 Å². The molecule has 2 unspecified atom stereocenters. The van der Waals surface area contributed by atoms with Crippen molar-refractivity contribution in [3.63, 3.8) is 0 Å². The average molecular weight is 174 g/mol. The second-order valence-electron chi connectivity index (χ2n) is 3.35. The summed E-state index contributed by atoms with van der Waals surface area (Å²) in [6.07, 6.45) is 2.42. The minimum absolute atomic E-state index is 0.0232. The number of hydrogen-bond donors (Lipinski definition) is 1. The van der Waals surface area contributed by atoms with Crippen molar-refractivity contribution in [3.05, 3.63) is 0 Å². The largest absolute Gasteiger partial charge is 0.392 e. The third-order valence-corrected chi connectivity index (χ3v) is 3.95. The van der Waals surface area contributed by atoms with Crippen molar-refractivity contribution in [1.82, 2.24) is 0 Å². The van der Waals surface area contributed by atoms with Gasteiger partial charge >= 0.3 is 0 Å². The van der Waals surface area contributed by atoms with Gasteiger partial charge in [0.15, 0.2) is 0 Å². The fraction of sp³-hybridized carbons (Fsp3) is 1.00. The molecule has 1 nitrogen and oxygen atoms in total. The Balaban J connectivity index is 2.43. The molecule has 0 aliphatic carbocycles. The van der Waals surface area contributed by atoms with E-state index >= 15 is 0 Å². The fourth-order valence-electron chi connectivity index (χ4n) is 1.90. The second kappa shape index (κ2) is 4.36. The molecule has 0 spiro atoms. The predicted molar refractivity (Wildman–Crippen MR) is 50.9 cm³/mol. The van der Waals surface area contributed by atoms with E-state index in [0.717, 1.165) is 11.7 Å². The first-order chi connectivity index (χ1) is 5.29. The van der Waals surface area contributed by atoms with E-state index in [0.29, 0.717) is 5.92 Å². The van der Waals surface area contributed by atoms with Gasteiger partial charge in [0, 0.05) is 5.75 Å². The molecule has 66 valence electrons. The lowest BCUT2D eigenvalue weighted by Gasteiger charge is -2.22. The van der Waals surface area contributed by atoms with Crippen LogP contribution in [0.4, 0.5) is 0 Å². The monoisotopic (exact) mass is 174 g/mol. The Morgan fingerprint density at radius 3 is 2.36 bits per heavy atom. The maximum absolute atomic E-state index is 9.60. The van der Waals surface area contributed by atoms with Gasteiger partial charge < -0.3 is 5.11 Å². The van der Waals surface area contributed by atoms with Gasteiger partial charge in [-0.25, -0.2) is 0 Å². The standard InChI is InChI=1S/C9H18OS/c1-3-7(4-2)8-5-11-6-9(8)10/h7-10H,3-6H2,1-2H3. The maximum atomic E-state index is 9.60. The molecular formula is C9H18OS. The summed E-state index contributed by atoms with van der Waals surface area (Å²) in [5.74, 6) is 3.46. The Labute approximate surface area is 73.6 Å². The molecule has 1 N–H and O–H groups in total. The Bertz CT molecular complexity index is 112. The van der Waals surface area contributed by atoms with E-state index in [1.807, 2.05) is 11.8 Å². The highest BCUT2D eigenvalue weighted by molar-refractivity contribution is 7.99. The molecular weight excluding hydrogens is 156 g/mol. The van der Waals surface area contributed by atoms with E-state index in [4.69, 9.17) is 0 Å². The Kier molecular flexibility index (Phi) is 3.73. The van der Waals surface area contributed by atoms with Crippen molar-refractivity contribution in [1.29, 1.82) is 0 Å². The Morgan fingerprint density at radius 2 is 2.00 bits per heavy atom. The molecule has 1 heterocycles. The van der Waals surface area contributed by atoms with Crippen molar-refractivity contribution in [3.8, 4) is 0 Å². The first kappa shape index (κ1) is 9.40. The number of hydrogen-bond acceptors (Lipinski definition) is 2. The second-order valence-corrected chi connectivity index (χ2v) is 4.42. The van der Waals surface area contributed by atoms with Crippen LogP contribution >= 0.6 is 11.8 Å². The van der Waals surface area contributed by atoms with Gasteiger partial charge in [-0.05, 0) is 17.6 Å². The van der Waals surface area contributed by atoms with Gasteiger partial charge in [0.05, 0.1) is 6.10 Å². The Morgan fingerprint density at radius 1 is 1.36 bits per heavy atom. The maximum Gasteiger partial charge on any atom is 0.0669 e. The SMILES string of the molecule is CCC(CC)C1CSCC1O. The van der Waals surface area contributed by atoms with Crippen molar-refractivity contribution in [2.75, 3.05) is 11.5 Å². The molecule has 2 heteroatoms. The third kappa shape index (κ3) is 2.12. The zero-order chi connectivity index (χ0) is 8.27. The highest BCUT2D eigenvalue weighted by Gasteiger charge is 2.30. The van der Waals surface area contributed by atoms with E-state index in [2.05, 4.69) is 13.8 Å². The van der Waals surface area contributed by atoms with Crippen LogP contribution in [0.3, 0.4) is 0 Å². The van der Waals surface area contributed by atoms with Crippen molar-refractivity contribution in [2.24, 2.45) is 11.8 Å². The van der Waals surface area contributed by atoms with Gasteiger partial charge in [-0.2, -0.15) is 11.8 Å². The molecule has 0 bridgehead atoms. The molecule has 0 aromatic rings.